The summed E-state index contributed by atoms with van der Waals surface area (Å²) < 4.78 is 1.95. The van der Waals surface area contributed by atoms with E-state index in [4.69, 9.17) is 0 Å². The zero-order chi connectivity index (χ0) is 16.4. The summed E-state index contributed by atoms with van der Waals surface area (Å²) in [4.78, 5) is 30.8. The number of hydrogen-bond acceptors (Lipinski definition) is 4. The molecule has 0 fully saturated rings. The molecule has 1 aliphatic heterocycles. The number of nitrogens with zero attached hydrogens (tertiary/aromatic N) is 4. The second-order valence-corrected chi connectivity index (χ2v) is 5.91. The minimum atomic E-state index is -0.204. The number of aryl methyl sites for hydroxylation is 1. The lowest BCUT2D eigenvalue weighted by Gasteiger charge is -2.19. The summed E-state index contributed by atoms with van der Waals surface area (Å²) in [6, 6.07) is 1.69. The topological polar surface area (TPSA) is 95.9 Å². The number of fused-ring (bicyclic) bond motifs is 1. The Morgan fingerprint density at radius 3 is 2.87 bits per heavy atom. The van der Waals surface area contributed by atoms with Crippen molar-refractivity contribution in [3.63, 3.8) is 0 Å². The number of carbonyl (C=O) groups excluding carboxylic acids is 2. The van der Waals surface area contributed by atoms with Gasteiger partial charge in [-0.3, -0.25) is 14.7 Å². The fourth-order valence-corrected chi connectivity index (χ4v) is 2.70. The minimum absolute atomic E-state index is 0.0355. The summed E-state index contributed by atoms with van der Waals surface area (Å²) in [5, 5.41) is 9.37. The van der Waals surface area contributed by atoms with E-state index in [1.807, 2.05) is 18.4 Å². The summed E-state index contributed by atoms with van der Waals surface area (Å²) >= 11 is 0. The molecule has 122 valence electrons. The van der Waals surface area contributed by atoms with Crippen LogP contribution >= 0.6 is 0 Å². The number of amides is 2. The average molecular weight is 316 g/mol. The first kappa shape index (κ1) is 15.3. The molecule has 2 N–H and O–H groups in total. The molecule has 8 nitrogen and oxygen atoms in total. The molecule has 0 aromatic carbocycles. The highest BCUT2D eigenvalue weighted by atomic mass is 16.2. The van der Waals surface area contributed by atoms with E-state index in [-0.39, 0.29) is 17.9 Å². The van der Waals surface area contributed by atoms with Gasteiger partial charge in [-0.05, 0) is 26.3 Å². The summed E-state index contributed by atoms with van der Waals surface area (Å²) in [6.45, 7) is 5.54. The van der Waals surface area contributed by atoms with Crippen molar-refractivity contribution in [1.29, 1.82) is 0 Å². The van der Waals surface area contributed by atoms with Crippen LogP contribution in [0.5, 0.6) is 0 Å². The third kappa shape index (κ3) is 3.10. The number of aromatic nitrogens is 4. The van der Waals surface area contributed by atoms with Gasteiger partial charge in [-0.2, -0.15) is 5.10 Å². The molecule has 0 atom stereocenters. The molecular formula is C15H20N6O2. The molecule has 0 radical (unpaired) electrons. The normalized spacial score (nSPS) is 14.5. The van der Waals surface area contributed by atoms with Gasteiger partial charge < -0.3 is 14.8 Å². The molecule has 8 heteroatoms. The first-order chi connectivity index (χ1) is 11.1. The minimum Gasteiger partial charge on any atom is -0.348 e. The molecule has 1 aliphatic rings. The Hall–Kier alpha value is -2.64. The SMILES string of the molecule is CC(C)NC(=O)c1ncn2c1CN(C(=O)c1ccn[nH]1)CCC2. The molecule has 2 amide bonds. The van der Waals surface area contributed by atoms with Gasteiger partial charge in [0.1, 0.15) is 5.69 Å². The van der Waals surface area contributed by atoms with Crippen LogP contribution in [0.1, 0.15) is 46.9 Å². The quantitative estimate of drug-likeness (QED) is 0.875. The first-order valence-electron chi connectivity index (χ1n) is 7.69. The van der Waals surface area contributed by atoms with Crippen LogP contribution in [0.25, 0.3) is 0 Å². The molecule has 0 saturated carbocycles. The van der Waals surface area contributed by atoms with E-state index in [1.54, 1.807) is 23.5 Å². The summed E-state index contributed by atoms with van der Waals surface area (Å²) in [5.74, 6) is -0.322. The lowest BCUT2D eigenvalue weighted by molar-refractivity contribution is 0.0737. The molecule has 23 heavy (non-hydrogen) atoms. The van der Waals surface area contributed by atoms with Gasteiger partial charge in [0.15, 0.2) is 5.69 Å². The largest absolute Gasteiger partial charge is 0.348 e. The summed E-state index contributed by atoms with van der Waals surface area (Å²) in [7, 11) is 0. The van der Waals surface area contributed by atoms with Gasteiger partial charge in [0.2, 0.25) is 0 Å². The molecule has 0 aliphatic carbocycles. The molecule has 3 rings (SSSR count). The molecule has 3 heterocycles. The Labute approximate surface area is 133 Å². The number of H-pyrrole nitrogens is 1. The zero-order valence-corrected chi connectivity index (χ0v) is 13.2. The van der Waals surface area contributed by atoms with Crippen LogP contribution in [-0.4, -0.2) is 49.0 Å². The summed E-state index contributed by atoms with van der Waals surface area (Å²) in [5.41, 5.74) is 1.61. The molecular weight excluding hydrogens is 296 g/mol. The number of carbonyl (C=O) groups is 2. The lowest BCUT2D eigenvalue weighted by Crippen LogP contribution is -2.34. The van der Waals surface area contributed by atoms with Crippen LogP contribution in [0.3, 0.4) is 0 Å². The Balaban J connectivity index is 1.85. The van der Waals surface area contributed by atoms with Crippen LogP contribution in [0.2, 0.25) is 0 Å². The van der Waals surface area contributed by atoms with Gasteiger partial charge in [-0.15, -0.1) is 0 Å². The monoisotopic (exact) mass is 316 g/mol. The third-order valence-corrected chi connectivity index (χ3v) is 3.77. The molecule has 0 bridgehead atoms. The average Bonchev–Trinajstić information content (AvgIpc) is 3.11. The highest BCUT2D eigenvalue weighted by molar-refractivity contribution is 5.94. The molecule has 2 aromatic rings. The maximum absolute atomic E-state index is 12.5. The van der Waals surface area contributed by atoms with Crippen LogP contribution in [0.15, 0.2) is 18.6 Å². The van der Waals surface area contributed by atoms with Gasteiger partial charge in [-0.25, -0.2) is 4.98 Å². The van der Waals surface area contributed by atoms with E-state index in [1.165, 1.54) is 0 Å². The Morgan fingerprint density at radius 2 is 2.17 bits per heavy atom. The van der Waals surface area contributed by atoms with Crippen LogP contribution in [0, 0.1) is 0 Å². The van der Waals surface area contributed by atoms with Crippen molar-refractivity contribution in [2.24, 2.45) is 0 Å². The van der Waals surface area contributed by atoms with Crippen molar-refractivity contribution in [1.82, 2.24) is 30.0 Å². The van der Waals surface area contributed by atoms with Crippen LogP contribution < -0.4 is 5.32 Å². The van der Waals surface area contributed by atoms with Crippen molar-refractivity contribution in [2.75, 3.05) is 6.54 Å². The van der Waals surface area contributed by atoms with Gasteiger partial charge in [0, 0.05) is 25.3 Å². The van der Waals surface area contributed by atoms with E-state index in [0.717, 1.165) is 18.7 Å². The van der Waals surface area contributed by atoms with E-state index in [0.29, 0.717) is 24.5 Å². The highest BCUT2D eigenvalue weighted by Crippen LogP contribution is 2.18. The third-order valence-electron chi connectivity index (χ3n) is 3.77. The lowest BCUT2D eigenvalue weighted by atomic mass is 10.2. The van der Waals surface area contributed by atoms with Gasteiger partial charge >= 0.3 is 0 Å². The number of rotatable bonds is 3. The number of nitrogens with one attached hydrogen (secondary N) is 2. The van der Waals surface area contributed by atoms with E-state index in [9.17, 15) is 9.59 Å². The number of hydrogen-bond donors (Lipinski definition) is 2. The van der Waals surface area contributed by atoms with E-state index < -0.39 is 0 Å². The van der Waals surface area contributed by atoms with Gasteiger partial charge in [0.05, 0.1) is 18.6 Å². The van der Waals surface area contributed by atoms with Crippen molar-refractivity contribution in [3.8, 4) is 0 Å². The fraction of sp³-hybridized carbons (Fsp3) is 0.467. The molecule has 0 saturated heterocycles. The Bertz CT molecular complexity index is 704. The Kier molecular flexibility index (Phi) is 4.14. The standard InChI is InChI=1S/C15H20N6O2/c1-10(2)18-14(22)13-12-8-20(6-3-7-21(12)9-16-13)15(23)11-4-5-17-19-11/h4-5,9-10H,3,6-8H2,1-2H3,(H,17,19)(H,18,22). The zero-order valence-electron chi connectivity index (χ0n) is 13.2. The van der Waals surface area contributed by atoms with Gasteiger partial charge in [0.25, 0.3) is 11.8 Å². The number of imidazole rings is 1. The van der Waals surface area contributed by atoms with Crippen molar-refractivity contribution in [2.45, 2.75) is 39.4 Å². The molecule has 0 spiro atoms. The maximum atomic E-state index is 12.5. The Morgan fingerprint density at radius 1 is 1.35 bits per heavy atom. The molecule has 0 unspecified atom stereocenters. The van der Waals surface area contributed by atoms with Crippen molar-refractivity contribution in [3.05, 3.63) is 35.7 Å². The predicted molar refractivity (Wildman–Crippen MR) is 82.8 cm³/mol. The van der Waals surface area contributed by atoms with E-state index in [2.05, 4.69) is 20.5 Å². The second-order valence-electron chi connectivity index (χ2n) is 5.91. The second kappa shape index (κ2) is 6.23. The van der Waals surface area contributed by atoms with Crippen LogP contribution in [0.4, 0.5) is 0 Å². The van der Waals surface area contributed by atoms with Crippen LogP contribution in [-0.2, 0) is 13.1 Å². The fourth-order valence-electron chi connectivity index (χ4n) is 2.70. The first-order valence-corrected chi connectivity index (χ1v) is 7.69. The predicted octanol–water partition coefficient (Wildman–Crippen LogP) is 0.790. The van der Waals surface area contributed by atoms with E-state index >= 15 is 0 Å². The highest BCUT2D eigenvalue weighted by Gasteiger charge is 2.26. The van der Waals surface area contributed by atoms with Crippen molar-refractivity contribution < 1.29 is 9.59 Å². The maximum Gasteiger partial charge on any atom is 0.272 e. The van der Waals surface area contributed by atoms with Gasteiger partial charge in [-0.1, -0.05) is 0 Å². The summed E-state index contributed by atoms with van der Waals surface area (Å²) in [6.07, 6.45) is 4.04. The smallest absolute Gasteiger partial charge is 0.272 e. The molecule has 2 aromatic heterocycles. The number of aromatic amines is 1. The van der Waals surface area contributed by atoms with Crippen molar-refractivity contribution >= 4 is 11.8 Å².